The first-order chi connectivity index (χ1) is 7.81. The second-order valence-corrected chi connectivity index (χ2v) is 3.09. The minimum atomic E-state index is 0.236. The van der Waals surface area contributed by atoms with E-state index in [0.29, 0.717) is 0 Å². The summed E-state index contributed by atoms with van der Waals surface area (Å²) in [4.78, 5) is 0. The van der Waals surface area contributed by atoms with Crippen molar-refractivity contribution in [3.8, 4) is 11.1 Å². The Morgan fingerprint density at radius 2 is 1.57 bits per heavy atom. The van der Waals surface area contributed by atoms with Gasteiger partial charge >= 0.3 is 0 Å². The fraction of sp³-hybridized carbons (Fsp3) is 0. The molecule has 0 amide bonds. The highest BCUT2D eigenvalue weighted by Gasteiger charge is 1.94. The summed E-state index contributed by atoms with van der Waals surface area (Å²) in [5.74, 6) is 0. The molecule has 0 bridgehead atoms. The third kappa shape index (κ3) is 1.74. The van der Waals surface area contributed by atoms with Gasteiger partial charge in [-0.05, 0) is 16.7 Å². The molecule has 2 aromatic carbocycles. The Morgan fingerprint density at radius 1 is 0.929 bits per heavy atom. The lowest BCUT2D eigenvalue weighted by Crippen LogP contribution is -1.76. The van der Waals surface area contributed by atoms with E-state index in [-0.39, 0.29) is 6.05 Å². The van der Waals surface area contributed by atoms with Crippen LogP contribution in [0.3, 0.4) is 0 Å². The van der Waals surface area contributed by atoms with E-state index in [1.165, 1.54) is 0 Å². The van der Waals surface area contributed by atoms with E-state index in [1.54, 1.807) is 0 Å². The highest BCUT2D eigenvalue weighted by molar-refractivity contribution is 5.65. The molecular weight excluding hydrogens is 168 g/mol. The summed E-state index contributed by atoms with van der Waals surface area (Å²) in [7, 11) is 0. The lowest BCUT2D eigenvalue weighted by atomic mass is 10.0. The Hall–Kier alpha value is -1.82. The maximum Gasteiger partial charge on any atom is 0.0623 e. The van der Waals surface area contributed by atoms with Crippen molar-refractivity contribution in [2.24, 2.45) is 0 Å². The van der Waals surface area contributed by atoms with Gasteiger partial charge < -0.3 is 0 Å². The molecule has 0 heterocycles. The van der Waals surface area contributed by atoms with Crippen LogP contribution in [0.4, 0.5) is 0 Å². The molecule has 0 aliphatic heterocycles. The smallest absolute Gasteiger partial charge is 0.0623 e. The standard InChI is InChI=1S/C14H12/c1-2-12-8-10-14(11-9-12)13-6-4-3-5-7-13/h2-11H,1H2/i1D,2D. The maximum atomic E-state index is 7.51. The van der Waals surface area contributed by atoms with Crippen molar-refractivity contribution in [1.29, 1.82) is 0 Å². The Balaban J connectivity index is 2.34. The SMILES string of the molecule is [2H]C=C([2H])c1ccc(-c2ccccc2)cc1. The van der Waals surface area contributed by atoms with E-state index in [0.717, 1.165) is 23.2 Å². The Kier molecular flexibility index (Phi) is 1.85. The highest BCUT2D eigenvalue weighted by atomic mass is 14.0. The molecular formula is C14H12. The van der Waals surface area contributed by atoms with Crippen LogP contribution in [-0.2, 0) is 0 Å². The average molecular weight is 182 g/mol. The van der Waals surface area contributed by atoms with Gasteiger partial charge in [0.05, 0.1) is 2.74 Å². The monoisotopic (exact) mass is 182 g/mol. The molecule has 0 saturated heterocycles. The zero-order valence-corrected chi connectivity index (χ0v) is 7.77. The molecule has 0 N–H and O–H groups in total. The average Bonchev–Trinajstić information content (AvgIpc) is 2.39. The molecule has 0 heteroatoms. The molecule has 0 fully saturated rings. The Morgan fingerprint density at radius 3 is 2.21 bits per heavy atom. The van der Waals surface area contributed by atoms with Crippen LogP contribution in [0.1, 0.15) is 8.30 Å². The van der Waals surface area contributed by atoms with E-state index in [9.17, 15) is 0 Å². The summed E-state index contributed by atoms with van der Waals surface area (Å²) in [5, 5.41) is 0. The van der Waals surface area contributed by atoms with Crippen LogP contribution in [0.2, 0.25) is 0 Å². The van der Waals surface area contributed by atoms with E-state index >= 15 is 0 Å². The third-order valence-corrected chi connectivity index (χ3v) is 2.16. The summed E-state index contributed by atoms with van der Waals surface area (Å²) < 4.78 is 14.5. The highest BCUT2D eigenvalue weighted by Crippen LogP contribution is 2.19. The predicted octanol–water partition coefficient (Wildman–Crippen LogP) is 4.00. The molecule has 0 saturated carbocycles. The number of hydrogen-bond donors (Lipinski definition) is 0. The molecule has 14 heavy (non-hydrogen) atoms. The largest absolute Gasteiger partial charge is 0.0985 e. The Bertz CT molecular complexity index is 484. The first-order valence-corrected chi connectivity index (χ1v) is 4.52. The number of benzene rings is 2. The molecule has 2 aromatic rings. The van der Waals surface area contributed by atoms with E-state index in [2.05, 4.69) is 12.1 Å². The molecule has 0 radical (unpaired) electrons. The van der Waals surface area contributed by atoms with Gasteiger partial charge in [-0.3, -0.25) is 0 Å². The first-order valence-electron chi connectivity index (χ1n) is 5.60. The van der Waals surface area contributed by atoms with Gasteiger partial charge in [-0.15, -0.1) is 0 Å². The zero-order valence-electron chi connectivity index (χ0n) is 9.77. The fourth-order valence-electron chi connectivity index (χ4n) is 1.39. The number of rotatable bonds is 2. The van der Waals surface area contributed by atoms with Crippen molar-refractivity contribution in [2.75, 3.05) is 0 Å². The molecule has 0 unspecified atom stereocenters. The predicted molar refractivity (Wildman–Crippen MR) is 62.0 cm³/mol. The lowest BCUT2D eigenvalue weighted by molar-refractivity contribution is 1.60. The van der Waals surface area contributed by atoms with Crippen LogP contribution in [0.15, 0.2) is 61.2 Å². The van der Waals surface area contributed by atoms with E-state index in [1.807, 2.05) is 42.5 Å². The molecule has 0 atom stereocenters. The van der Waals surface area contributed by atoms with Gasteiger partial charge in [0.1, 0.15) is 0 Å². The summed E-state index contributed by atoms with van der Waals surface area (Å²) in [5.41, 5.74) is 3.06. The lowest BCUT2D eigenvalue weighted by Gasteiger charge is -2.01. The second kappa shape index (κ2) is 3.93. The van der Waals surface area contributed by atoms with Crippen molar-refractivity contribution in [2.45, 2.75) is 0 Å². The van der Waals surface area contributed by atoms with Crippen LogP contribution in [0, 0.1) is 0 Å². The maximum absolute atomic E-state index is 7.51. The van der Waals surface area contributed by atoms with E-state index < -0.39 is 0 Å². The van der Waals surface area contributed by atoms with Crippen LogP contribution in [-0.4, -0.2) is 0 Å². The summed E-state index contributed by atoms with van der Waals surface area (Å²) in [6, 6.07) is 18.0. The molecule has 0 aromatic heterocycles. The summed E-state index contributed by atoms with van der Waals surface area (Å²) >= 11 is 0. The molecule has 0 nitrogen and oxygen atoms in total. The van der Waals surface area contributed by atoms with Crippen LogP contribution < -0.4 is 0 Å². The fourth-order valence-corrected chi connectivity index (χ4v) is 1.39. The van der Waals surface area contributed by atoms with Gasteiger partial charge in [0.2, 0.25) is 0 Å². The second-order valence-electron chi connectivity index (χ2n) is 3.09. The van der Waals surface area contributed by atoms with Crippen molar-refractivity contribution in [3.63, 3.8) is 0 Å². The minimum Gasteiger partial charge on any atom is -0.0985 e. The van der Waals surface area contributed by atoms with Crippen molar-refractivity contribution in [3.05, 3.63) is 66.7 Å². The van der Waals surface area contributed by atoms with Gasteiger partial charge in [0.15, 0.2) is 0 Å². The van der Waals surface area contributed by atoms with E-state index in [4.69, 9.17) is 2.74 Å². The molecule has 2 rings (SSSR count). The van der Waals surface area contributed by atoms with Crippen molar-refractivity contribution in [1.82, 2.24) is 0 Å². The third-order valence-electron chi connectivity index (χ3n) is 2.16. The van der Waals surface area contributed by atoms with Crippen LogP contribution in [0.5, 0.6) is 0 Å². The molecule has 0 aliphatic carbocycles. The van der Waals surface area contributed by atoms with Gasteiger partial charge in [0, 0.05) is 0 Å². The topological polar surface area (TPSA) is 0 Å². The van der Waals surface area contributed by atoms with Gasteiger partial charge in [-0.2, -0.15) is 0 Å². The molecule has 68 valence electrons. The quantitative estimate of drug-likeness (QED) is 0.658. The van der Waals surface area contributed by atoms with Crippen molar-refractivity contribution < 1.29 is 2.74 Å². The molecule has 0 spiro atoms. The number of hydrogen-bond acceptors (Lipinski definition) is 0. The van der Waals surface area contributed by atoms with Crippen LogP contribution in [0.25, 0.3) is 17.2 Å². The zero-order chi connectivity index (χ0) is 11.4. The van der Waals surface area contributed by atoms with Gasteiger partial charge in [-0.1, -0.05) is 67.2 Å². The first kappa shape index (κ1) is 6.61. The molecule has 0 aliphatic rings. The minimum absolute atomic E-state index is 0.236. The summed E-state index contributed by atoms with van der Waals surface area (Å²) in [6.07, 6.45) is 0. The van der Waals surface area contributed by atoms with Gasteiger partial charge in [-0.25, -0.2) is 0 Å². The van der Waals surface area contributed by atoms with Gasteiger partial charge in [0.25, 0.3) is 0 Å². The summed E-state index contributed by atoms with van der Waals surface area (Å²) in [6.45, 7) is 1.05. The van der Waals surface area contributed by atoms with Crippen molar-refractivity contribution >= 4 is 6.05 Å². The normalized spacial score (nSPS) is 13.3. The van der Waals surface area contributed by atoms with Crippen LogP contribution >= 0.6 is 0 Å². The Labute approximate surface area is 87.3 Å².